The lowest BCUT2D eigenvalue weighted by Crippen LogP contribution is -2.20. The maximum Gasteiger partial charge on any atom is 0.176 e. The van der Waals surface area contributed by atoms with Gasteiger partial charge in [-0.25, -0.2) is 4.39 Å². The van der Waals surface area contributed by atoms with Crippen LogP contribution in [0, 0.1) is 19.7 Å². The average Bonchev–Trinajstić information content (AvgIpc) is 3.40. The Bertz CT molecular complexity index is 1550. The molecule has 0 atom stereocenters. The fraction of sp³-hybridized carbons (Fsp3) is 0.148. The summed E-state index contributed by atoms with van der Waals surface area (Å²) in [7, 11) is 0. The first-order chi connectivity index (χ1) is 17.4. The van der Waals surface area contributed by atoms with E-state index in [0.717, 1.165) is 17.1 Å². The van der Waals surface area contributed by atoms with Crippen LogP contribution in [-0.4, -0.2) is 24.7 Å². The minimum absolute atomic E-state index is 0.221. The van der Waals surface area contributed by atoms with Crippen LogP contribution < -0.4 is 10.6 Å². The Morgan fingerprint density at radius 3 is 2.56 bits per heavy atom. The first-order valence-electron chi connectivity index (χ1n) is 11.4. The van der Waals surface area contributed by atoms with Gasteiger partial charge in [0.2, 0.25) is 0 Å². The number of aromatic nitrogens is 4. The molecule has 0 saturated carbocycles. The second-order valence-electron chi connectivity index (χ2n) is 8.52. The third-order valence-corrected chi connectivity index (χ3v) is 6.64. The Hall–Kier alpha value is -3.75. The zero-order valence-corrected chi connectivity index (χ0v) is 21.4. The van der Waals surface area contributed by atoms with Crippen molar-refractivity contribution in [3.05, 3.63) is 106 Å². The van der Waals surface area contributed by atoms with Gasteiger partial charge in [-0.05, 0) is 54.5 Å². The van der Waals surface area contributed by atoms with E-state index in [1.165, 1.54) is 22.4 Å². The van der Waals surface area contributed by atoms with E-state index in [-0.39, 0.29) is 12.4 Å². The lowest BCUT2D eigenvalue weighted by molar-refractivity contribution is 0.579. The fourth-order valence-electron chi connectivity index (χ4n) is 4.25. The molecule has 182 valence electrons. The molecule has 5 rings (SSSR count). The molecule has 0 aliphatic heterocycles. The van der Waals surface area contributed by atoms with Gasteiger partial charge in [0.25, 0.3) is 0 Å². The van der Waals surface area contributed by atoms with Crippen LogP contribution >= 0.6 is 23.8 Å². The van der Waals surface area contributed by atoms with Crippen molar-refractivity contribution in [1.82, 2.24) is 19.6 Å². The largest absolute Gasteiger partial charge is 0.329 e. The quantitative estimate of drug-likeness (QED) is 0.250. The number of halogens is 2. The second kappa shape index (κ2) is 10.1. The number of nitrogens with one attached hydrogen (secondary N) is 2. The SMILES string of the molecule is Cc1nn(Cc2c(F)cccc2Cl)c(C)c1NC(=S)Nc1ccn(Cc2cccc3ccccc23)n1. The van der Waals surface area contributed by atoms with Crippen LogP contribution in [0.15, 0.2) is 72.9 Å². The van der Waals surface area contributed by atoms with E-state index >= 15 is 0 Å². The lowest BCUT2D eigenvalue weighted by Gasteiger charge is -2.11. The molecule has 36 heavy (non-hydrogen) atoms. The summed E-state index contributed by atoms with van der Waals surface area (Å²) < 4.78 is 17.8. The molecule has 0 radical (unpaired) electrons. The van der Waals surface area contributed by atoms with E-state index in [1.54, 1.807) is 16.8 Å². The molecule has 9 heteroatoms. The Morgan fingerprint density at radius 1 is 0.944 bits per heavy atom. The number of hydrogen-bond donors (Lipinski definition) is 2. The third-order valence-electron chi connectivity index (χ3n) is 6.08. The Balaban J connectivity index is 1.27. The van der Waals surface area contributed by atoms with Gasteiger partial charge >= 0.3 is 0 Å². The normalized spacial score (nSPS) is 11.1. The molecule has 0 aliphatic rings. The molecule has 3 aromatic carbocycles. The summed E-state index contributed by atoms with van der Waals surface area (Å²) in [4.78, 5) is 0. The predicted octanol–water partition coefficient (Wildman–Crippen LogP) is 6.55. The van der Waals surface area contributed by atoms with Crippen LogP contribution in [0.5, 0.6) is 0 Å². The monoisotopic (exact) mass is 518 g/mol. The smallest absolute Gasteiger partial charge is 0.176 e. The van der Waals surface area contributed by atoms with E-state index in [9.17, 15) is 4.39 Å². The molecular weight excluding hydrogens is 495 g/mol. The lowest BCUT2D eigenvalue weighted by atomic mass is 10.0. The molecule has 2 aromatic heterocycles. The van der Waals surface area contributed by atoms with Crippen molar-refractivity contribution >= 4 is 51.2 Å². The van der Waals surface area contributed by atoms with Crippen LogP contribution in [0.4, 0.5) is 15.9 Å². The summed E-state index contributed by atoms with van der Waals surface area (Å²) in [5, 5.41) is 18.7. The maximum atomic E-state index is 14.3. The Labute approximate surface area is 218 Å². The summed E-state index contributed by atoms with van der Waals surface area (Å²) in [6.45, 7) is 4.64. The van der Waals surface area contributed by atoms with Gasteiger partial charge in [0.15, 0.2) is 10.9 Å². The number of rotatable bonds is 6. The van der Waals surface area contributed by atoms with Crippen molar-refractivity contribution in [2.45, 2.75) is 26.9 Å². The summed E-state index contributed by atoms with van der Waals surface area (Å²) >= 11 is 11.7. The molecule has 0 unspecified atom stereocenters. The van der Waals surface area contributed by atoms with Crippen LogP contribution in [0.2, 0.25) is 5.02 Å². The molecular formula is C27H24ClFN6S. The molecule has 0 bridgehead atoms. The van der Waals surface area contributed by atoms with E-state index in [1.807, 2.05) is 42.9 Å². The molecule has 0 fully saturated rings. The summed E-state index contributed by atoms with van der Waals surface area (Å²) in [6, 6.07) is 21.1. The van der Waals surface area contributed by atoms with E-state index in [4.69, 9.17) is 23.8 Å². The minimum Gasteiger partial charge on any atom is -0.329 e. The highest BCUT2D eigenvalue weighted by molar-refractivity contribution is 7.80. The number of nitrogens with zero attached hydrogens (tertiary/aromatic N) is 4. The van der Waals surface area contributed by atoms with Crippen molar-refractivity contribution in [2.24, 2.45) is 0 Å². The fourth-order valence-corrected chi connectivity index (χ4v) is 4.68. The summed E-state index contributed by atoms with van der Waals surface area (Å²) in [5.74, 6) is 0.273. The van der Waals surface area contributed by atoms with Crippen LogP contribution in [0.1, 0.15) is 22.5 Å². The number of hydrogen-bond acceptors (Lipinski definition) is 3. The van der Waals surface area contributed by atoms with E-state index in [2.05, 4.69) is 51.2 Å². The zero-order chi connectivity index (χ0) is 25.2. The van der Waals surface area contributed by atoms with Gasteiger partial charge in [-0.3, -0.25) is 9.36 Å². The van der Waals surface area contributed by atoms with Crippen molar-refractivity contribution in [3.8, 4) is 0 Å². The zero-order valence-electron chi connectivity index (χ0n) is 19.8. The Morgan fingerprint density at radius 2 is 1.72 bits per heavy atom. The summed E-state index contributed by atoms with van der Waals surface area (Å²) in [6.07, 6.45) is 1.92. The Kier molecular flexibility index (Phi) is 6.71. The first-order valence-corrected chi connectivity index (χ1v) is 12.2. The van der Waals surface area contributed by atoms with Gasteiger partial charge in [0, 0.05) is 22.8 Å². The number of anilines is 2. The van der Waals surface area contributed by atoms with Crippen LogP contribution in [-0.2, 0) is 13.1 Å². The molecule has 0 amide bonds. The topological polar surface area (TPSA) is 59.7 Å². The minimum atomic E-state index is -0.360. The first kappa shape index (κ1) is 24.0. The van der Waals surface area contributed by atoms with Gasteiger partial charge in [-0.15, -0.1) is 0 Å². The van der Waals surface area contributed by atoms with Crippen LogP contribution in [0.3, 0.4) is 0 Å². The predicted molar refractivity (Wildman–Crippen MR) is 147 cm³/mol. The van der Waals surface area contributed by atoms with Crippen LogP contribution in [0.25, 0.3) is 10.8 Å². The molecule has 2 N–H and O–H groups in total. The number of thiocarbonyl (C=S) groups is 1. The number of benzene rings is 3. The van der Waals surface area contributed by atoms with Crippen molar-refractivity contribution < 1.29 is 4.39 Å². The third kappa shape index (κ3) is 4.96. The van der Waals surface area contributed by atoms with Gasteiger partial charge in [-0.1, -0.05) is 60.1 Å². The van der Waals surface area contributed by atoms with E-state index in [0.29, 0.717) is 28.1 Å². The summed E-state index contributed by atoms with van der Waals surface area (Å²) in [5.41, 5.74) is 3.91. The van der Waals surface area contributed by atoms with Gasteiger partial charge < -0.3 is 10.6 Å². The standard InChI is InChI=1S/C27H24ClFN6S/c1-17-26(18(2)35(32-17)16-22-23(28)11-6-12-24(22)29)31-27(36)30-25-13-14-34(33-25)15-20-9-5-8-19-7-3-4-10-21(19)20/h3-14H,15-16H2,1-2H3,(H2,30,31,33,36). The highest BCUT2D eigenvalue weighted by Crippen LogP contribution is 2.25. The molecule has 6 nitrogen and oxygen atoms in total. The maximum absolute atomic E-state index is 14.3. The molecule has 5 aromatic rings. The van der Waals surface area contributed by atoms with Crippen molar-refractivity contribution in [2.75, 3.05) is 10.6 Å². The van der Waals surface area contributed by atoms with Gasteiger partial charge in [0.1, 0.15) is 5.82 Å². The molecule has 2 heterocycles. The van der Waals surface area contributed by atoms with E-state index < -0.39 is 0 Å². The molecule has 0 aliphatic carbocycles. The number of aryl methyl sites for hydroxylation is 1. The molecule has 0 saturated heterocycles. The molecule has 0 spiro atoms. The highest BCUT2D eigenvalue weighted by atomic mass is 35.5. The van der Waals surface area contributed by atoms with Gasteiger partial charge in [0.05, 0.1) is 30.2 Å². The highest BCUT2D eigenvalue weighted by Gasteiger charge is 2.16. The van der Waals surface area contributed by atoms with Crippen molar-refractivity contribution in [1.29, 1.82) is 0 Å². The van der Waals surface area contributed by atoms with Gasteiger partial charge in [-0.2, -0.15) is 10.2 Å². The average molecular weight is 519 g/mol. The number of fused-ring (bicyclic) bond motifs is 1. The van der Waals surface area contributed by atoms with Crippen molar-refractivity contribution in [3.63, 3.8) is 0 Å². The second-order valence-corrected chi connectivity index (χ2v) is 9.34.